The number of ether oxygens (including phenoxy) is 1. The lowest BCUT2D eigenvalue weighted by atomic mass is 10.1. The first-order chi connectivity index (χ1) is 12.0. The lowest BCUT2D eigenvalue weighted by Crippen LogP contribution is -2.70. The molecule has 1 atom stereocenters. The monoisotopic (exact) mass is 354 g/mol. The second kappa shape index (κ2) is 7.32. The molecule has 3 N–H and O–H groups in total. The Bertz CT molecular complexity index is 649. The Morgan fingerprint density at radius 1 is 1.16 bits per heavy atom. The van der Waals surface area contributed by atoms with Gasteiger partial charge in [-0.1, -0.05) is 6.07 Å². The first kappa shape index (κ1) is 17.6. The van der Waals surface area contributed by atoms with Crippen LogP contribution in [0.3, 0.4) is 0 Å². The second-order valence-electron chi connectivity index (χ2n) is 6.11. The Hall–Kier alpha value is -2.26. The highest BCUT2D eigenvalue weighted by atomic mass is 19.2. The van der Waals surface area contributed by atoms with Gasteiger partial charge in [-0.3, -0.25) is 5.32 Å². The van der Waals surface area contributed by atoms with Crippen LogP contribution in [-0.2, 0) is 4.74 Å². The molecule has 2 aliphatic rings. The van der Waals surface area contributed by atoms with E-state index < -0.39 is 36.0 Å². The van der Waals surface area contributed by atoms with E-state index in [9.17, 15) is 18.4 Å². The molecule has 25 heavy (non-hydrogen) atoms. The summed E-state index contributed by atoms with van der Waals surface area (Å²) >= 11 is 0. The zero-order valence-corrected chi connectivity index (χ0v) is 13.7. The highest BCUT2D eigenvalue weighted by Crippen LogP contribution is 2.19. The van der Waals surface area contributed by atoms with Crippen molar-refractivity contribution >= 4 is 12.1 Å². The molecule has 0 spiro atoms. The molecular formula is C16H20F2N4O3. The number of carbonyl (C=O) groups excluding carboxylic acids is 2. The van der Waals surface area contributed by atoms with Gasteiger partial charge < -0.3 is 15.4 Å². The van der Waals surface area contributed by atoms with Crippen molar-refractivity contribution in [3.8, 4) is 0 Å². The van der Waals surface area contributed by atoms with E-state index in [0.29, 0.717) is 31.6 Å². The molecule has 0 aliphatic carbocycles. The topological polar surface area (TPSA) is 82.7 Å². The van der Waals surface area contributed by atoms with Crippen molar-refractivity contribution in [3.63, 3.8) is 0 Å². The minimum absolute atomic E-state index is 0.196. The Kier molecular flexibility index (Phi) is 5.14. The molecule has 7 nitrogen and oxygen atoms in total. The largest absolute Gasteiger partial charge is 0.381 e. The molecule has 1 aromatic rings. The lowest BCUT2D eigenvalue weighted by molar-refractivity contribution is 0.0492. The van der Waals surface area contributed by atoms with Gasteiger partial charge in [0.1, 0.15) is 0 Å². The van der Waals surface area contributed by atoms with Gasteiger partial charge in [-0.15, -0.1) is 0 Å². The average Bonchev–Trinajstić information content (AvgIpc) is 2.57. The van der Waals surface area contributed by atoms with Crippen LogP contribution in [0.2, 0.25) is 0 Å². The zero-order valence-electron chi connectivity index (χ0n) is 13.7. The summed E-state index contributed by atoms with van der Waals surface area (Å²) < 4.78 is 31.6. The third-order valence-electron chi connectivity index (χ3n) is 4.39. The van der Waals surface area contributed by atoms with Crippen LogP contribution in [0.25, 0.3) is 0 Å². The number of hydrogen-bond donors (Lipinski definition) is 3. The predicted molar refractivity (Wildman–Crippen MR) is 84.4 cm³/mol. The fourth-order valence-electron chi connectivity index (χ4n) is 3.00. The molecule has 0 unspecified atom stereocenters. The summed E-state index contributed by atoms with van der Waals surface area (Å²) in [4.78, 5) is 25.8. The maximum atomic E-state index is 13.3. The van der Waals surface area contributed by atoms with E-state index in [1.807, 2.05) is 0 Å². The number of imide groups is 1. The number of benzene rings is 1. The highest BCUT2D eigenvalue weighted by molar-refractivity contribution is 5.96. The summed E-state index contributed by atoms with van der Waals surface area (Å²) in [6.07, 6.45) is 0.396. The summed E-state index contributed by atoms with van der Waals surface area (Å²) in [7, 11) is 0. The number of hydrogen-bond acceptors (Lipinski definition) is 4. The molecule has 3 rings (SSSR count). The summed E-state index contributed by atoms with van der Waals surface area (Å²) in [5, 5.41) is 8.27. The van der Waals surface area contributed by atoms with E-state index >= 15 is 0 Å². The molecule has 1 aromatic carbocycles. The van der Waals surface area contributed by atoms with Crippen molar-refractivity contribution < 1.29 is 23.1 Å². The SMILES string of the molecule is C[C@H](NC1NC(=O)N(C2CCOCC2)C(=O)N1)c1ccc(F)c(F)c1. The van der Waals surface area contributed by atoms with E-state index in [0.717, 1.165) is 12.1 Å². The first-order valence-electron chi connectivity index (χ1n) is 8.14. The fraction of sp³-hybridized carbons (Fsp3) is 0.500. The van der Waals surface area contributed by atoms with Crippen LogP contribution in [0.4, 0.5) is 18.4 Å². The van der Waals surface area contributed by atoms with Crippen molar-refractivity contribution in [2.24, 2.45) is 0 Å². The van der Waals surface area contributed by atoms with E-state index in [1.54, 1.807) is 6.92 Å². The molecule has 4 amide bonds. The van der Waals surface area contributed by atoms with E-state index in [1.165, 1.54) is 11.0 Å². The molecule has 2 heterocycles. The number of halogens is 2. The number of nitrogens with zero attached hydrogens (tertiary/aromatic N) is 1. The van der Waals surface area contributed by atoms with Crippen molar-refractivity contribution in [2.45, 2.75) is 38.1 Å². The summed E-state index contributed by atoms with van der Waals surface area (Å²) in [5.74, 6) is -1.88. The molecule has 2 aliphatic heterocycles. The second-order valence-corrected chi connectivity index (χ2v) is 6.11. The van der Waals surface area contributed by atoms with E-state index in [4.69, 9.17) is 4.74 Å². The van der Waals surface area contributed by atoms with Crippen LogP contribution in [0.1, 0.15) is 31.4 Å². The van der Waals surface area contributed by atoms with Crippen LogP contribution in [0.15, 0.2) is 18.2 Å². The van der Waals surface area contributed by atoms with E-state index in [-0.39, 0.29) is 6.04 Å². The van der Waals surface area contributed by atoms with Crippen LogP contribution < -0.4 is 16.0 Å². The van der Waals surface area contributed by atoms with Crippen molar-refractivity contribution in [2.75, 3.05) is 13.2 Å². The van der Waals surface area contributed by atoms with Crippen LogP contribution in [0, 0.1) is 11.6 Å². The van der Waals surface area contributed by atoms with Gasteiger partial charge >= 0.3 is 12.1 Å². The number of amides is 4. The van der Waals surface area contributed by atoms with Crippen LogP contribution in [-0.4, -0.2) is 42.5 Å². The van der Waals surface area contributed by atoms with Gasteiger partial charge in [0.2, 0.25) is 0 Å². The number of rotatable bonds is 4. The van der Waals surface area contributed by atoms with Crippen molar-refractivity contribution in [1.29, 1.82) is 0 Å². The van der Waals surface area contributed by atoms with Gasteiger partial charge in [0, 0.05) is 25.3 Å². The third-order valence-corrected chi connectivity index (χ3v) is 4.39. The molecule has 0 radical (unpaired) electrons. The maximum Gasteiger partial charge on any atom is 0.328 e. The normalized spacial score (nSPS) is 21.0. The summed E-state index contributed by atoms with van der Waals surface area (Å²) in [6.45, 7) is 2.74. The predicted octanol–water partition coefficient (Wildman–Crippen LogP) is 1.81. The molecule has 136 valence electrons. The molecule has 0 bridgehead atoms. The highest BCUT2D eigenvalue weighted by Gasteiger charge is 2.37. The Balaban J connectivity index is 1.62. The quantitative estimate of drug-likeness (QED) is 0.770. The summed E-state index contributed by atoms with van der Waals surface area (Å²) in [5.41, 5.74) is 0.495. The lowest BCUT2D eigenvalue weighted by Gasteiger charge is -2.39. The smallest absolute Gasteiger partial charge is 0.328 e. The molecule has 0 aromatic heterocycles. The van der Waals surface area contributed by atoms with Crippen molar-refractivity contribution in [1.82, 2.24) is 20.9 Å². The first-order valence-corrected chi connectivity index (χ1v) is 8.14. The van der Waals surface area contributed by atoms with Gasteiger partial charge in [0.25, 0.3) is 0 Å². The van der Waals surface area contributed by atoms with Crippen LogP contribution >= 0.6 is 0 Å². The summed E-state index contributed by atoms with van der Waals surface area (Å²) in [6, 6.07) is 1.95. The zero-order chi connectivity index (χ0) is 18.0. The fourth-order valence-corrected chi connectivity index (χ4v) is 3.00. The van der Waals surface area contributed by atoms with Crippen molar-refractivity contribution in [3.05, 3.63) is 35.4 Å². The number of nitrogens with one attached hydrogen (secondary N) is 3. The average molecular weight is 354 g/mol. The van der Waals surface area contributed by atoms with E-state index in [2.05, 4.69) is 16.0 Å². The number of carbonyl (C=O) groups is 2. The Labute approximate surface area is 143 Å². The number of urea groups is 2. The van der Waals surface area contributed by atoms with Crippen LogP contribution in [0.5, 0.6) is 0 Å². The van der Waals surface area contributed by atoms with Gasteiger partial charge in [-0.25, -0.2) is 23.3 Å². The van der Waals surface area contributed by atoms with Gasteiger partial charge in [-0.2, -0.15) is 0 Å². The van der Waals surface area contributed by atoms with Gasteiger partial charge in [0.15, 0.2) is 17.9 Å². The third kappa shape index (κ3) is 3.88. The maximum absolute atomic E-state index is 13.3. The standard InChI is InChI=1S/C16H20F2N4O3/c1-9(10-2-3-12(17)13(18)8-10)19-14-20-15(23)22(16(24)21-14)11-4-6-25-7-5-11/h2-3,8-9,11,14,19H,4-7H2,1H3,(H,20,23)(H,21,24)/t9-/m0/s1. The Morgan fingerprint density at radius 3 is 2.40 bits per heavy atom. The molecule has 2 saturated heterocycles. The molecular weight excluding hydrogens is 334 g/mol. The minimum Gasteiger partial charge on any atom is -0.381 e. The molecule has 0 saturated carbocycles. The minimum atomic E-state index is -0.950. The molecule has 2 fully saturated rings. The van der Waals surface area contributed by atoms with Gasteiger partial charge in [-0.05, 0) is 37.5 Å². The van der Waals surface area contributed by atoms with Gasteiger partial charge in [0.05, 0.1) is 0 Å². The Morgan fingerprint density at radius 2 is 1.80 bits per heavy atom. The molecule has 9 heteroatoms.